The van der Waals surface area contributed by atoms with E-state index >= 15 is 0 Å². The molecule has 29 heavy (non-hydrogen) atoms. The van der Waals surface area contributed by atoms with Gasteiger partial charge in [0.15, 0.2) is 6.10 Å². The number of carbonyl (C=O) groups is 1. The molecule has 0 unspecified atom stereocenters. The molecule has 1 heterocycles. The molecule has 0 bridgehead atoms. The molecular formula is C21H25ClN2O4S. The number of hydrogen-bond acceptors (Lipinski definition) is 4. The number of hydrogen-bond donors (Lipinski definition) is 1. The van der Waals surface area contributed by atoms with Gasteiger partial charge in [-0.3, -0.25) is 9.10 Å². The largest absolute Gasteiger partial charge is 0.476 e. The maximum atomic E-state index is 13.0. The first kappa shape index (κ1) is 21.5. The summed E-state index contributed by atoms with van der Waals surface area (Å²) in [4.78, 5) is 13.0. The van der Waals surface area contributed by atoms with E-state index < -0.39 is 16.1 Å². The zero-order valence-electron chi connectivity index (χ0n) is 16.9. The molecule has 0 saturated carbocycles. The van der Waals surface area contributed by atoms with Crippen LogP contribution >= 0.6 is 11.6 Å². The van der Waals surface area contributed by atoms with Gasteiger partial charge in [-0.25, -0.2) is 8.42 Å². The highest BCUT2D eigenvalue weighted by molar-refractivity contribution is 7.92. The Morgan fingerprint density at radius 2 is 2.00 bits per heavy atom. The molecule has 1 amide bonds. The minimum atomic E-state index is -3.61. The molecule has 3 rings (SSSR count). The van der Waals surface area contributed by atoms with E-state index in [9.17, 15) is 13.2 Å². The van der Waals surface area contributed by atoms with Crippen LogP contribution in [0.5, 0.6) is 5.75 Å². The number of sulfonamides is 1. The summed E-state index contributed by atoms with van der Waals surface area (Å²) in [6.45, 7) is 5.92. The highest BCUT2D eigenvalue weighted by Crippen LogP contribution is 2.37. The van der Waals surface area contributed by atoms with E-state index in [1.807, 2.05) is 32.9 Å². The van der Waals surface area contributed by atoms with Gasteiger partial charge in [-0.2, -0.15) is 0 Å². The van der Waals surface area contributed by atoms with E-state index in [1.54, 1.807) is 12.1 Å². The second kappa shape index (κ2) is 8.24. The molecule has 1 aliphatic heterocycles. The number of halogens is 1. The highest BCUT2D eigenvalue weighted by atomic mass is 35.5. The van der Waals surface area contributed by atoms with Crippen molar-refractivity contribution >= 4 is 33.2 Å². The quantitative estimate of drug-likeness (QED) is 0.774. The van der Waals surface area contributed by atoms with Crippen molar-refractivity contribution in [3.63, 3.8) is 0 Å². The van der Waals surface area contributed by atoms with Gasteiger partial charge in [0, 0.05) is 5.02 Å². The molecule has 2 aromatic carbocycles. The van der Waals surface area contributed by atoms with Crippen molar-refractivity contribution in [1.82, 2.24) is 5.32 Å². The lowest BCUT2D eigenvalue weighted by Gasteiger charge is -2.34. The van der Waals surface area contributed by atoms with Crippen LogP contribution in [-0.2, 0) is 14.8 Å². The Hall–Kier alpha value is -2.25. The topological polar surface area (TPSA) is 75.7 Å². The van der Waals surface area contributed by atoms with Crippen LogP contribution in [0.25, 0.3) is 0 Å². The number of amides is 1. The smallest absolute Gasteiger partial charge is 0.263 e. The van der Waals surface area contributed by atoms with Crippen LogP contribution < -0.4 is 14.4 Å². The summed E-state index contributed by atoms with van der Waals surface area (Å²) < 4.78 is 31.6. The average molecular weight is 437 g/mol. The number of fused-ring (bicyclic) bond motifs is 1. The average Bonchev–Trinajstić information content (AvgIpc) is 2.64. The SMILES string of the molecule is CC[C@H](NC(=O)[C@H]1CN(S(C)(=O)=O)c2cc(Cl)ccc2O1)c1ccc(C)cc1C. The van der Waals surface area contributed by atoms with E-state index in [4.69, 9.17) is 16.3 Å². The van der Waals surface area contributed by atoms with Gasteiger partial charge in [0.2, 0.25) is 10.0 Å². The fourth-order valence-electron chi connectivity index (χ4n) is 3.56. The lowest BCUT2D eigenvalue weighted by atomic mass is 9.97. The predicted molar refractivity (Wildman–Crippen MR) is 115 cm³/mol. The van der Waals surface area contributed by atoms with Crippen LogP contribution in [0.1, 0.15) is 36.1 Å². The monoisotopic (exact) mass is 436 g/mol. The Balaban J connectivity index is 1.86. The van der Waals surface area contributed by atoms with Crippen molar-refractivity contribution in [3.05, 3.63) is 58.1 Å². The summed E-state index contributed by atoms with van der Waals surface area (Å²) >= 11 is 6.02. The van der Waals surface area contributed by atoms with Crippen LogP contribution in [0.3, 0.4) is 0 Å². The maximum Gasteiger partial charge on any atom is 0.263 e. The Morgan fingerprint density at radius 1 is 1.28 bits per heavy atom. The molecule has 0 spiro atoms. The third-order valence-electron chi connectivity index (χ3n) is 5.01. The lowest BCUT2D eigenvalue weighted by Crippen LogP contribution is -2.51. The minimum absolute atomic E-state index is 0.110. The van der Waals surface area contributed by atoms with Gasteiger partial charge in [-0.15, -0.1) is 0 Å². The predicted octanol–water partition coefficient (Wildman–Crippen LogP) is 3.75. The van der Waals surface area contributed by atoms with Gasteiger partial charge in [0.1, 0.15) is 5.75 Å². The van der Waals surface area contributed by atoms with E-state index in [2.05, 4.69) is 11.4 Å². The van der Waals surface area contributed by atoms with Crippen LogP contribution in [0, 0.1) is 13.8 Å². The first-order valence-electron chi connectivity index (χ1n) is 9.41. The third-order valence-corrected chi connectivity index (χ3v) is 6.39. The molecule has 0 saturated heterocycles. The fourth-order valence-corrected chi connectivity index (χ4v) is 4.63. The molecule has 0 fully saturated rings. The van der Waals surface area contributed by atoms with Crippen molar-refractivity contribution in [2.75, 3.05) is 17.1 Å². The molecule has 8 heteroatoms. The first-order chi connectivity index (χ1) is 13.6. The van der Waals surface area contributed by atoms with Crippen LogP contribution in [0.2, 0.25) is 5.02 Å². The first-order valence-corrected chi connectivity index (χ1v) is 11.6. The van der Waals surface area contributed by atoms with Crippen LogP contribution in [0.15, 0.2) is 36.4 Å². The molecule has 0 aromatic heterocycles. The molecule has 0 radical (unpaired) electrons. The van der Waals surface area contributed by atoms with E-state index in [0.717, 1.165) is 22.9 Å². The summed E-state index contributed by atoms with van der Waals surface area (Å²) in [7, 11) is -3.61. The molecule has 1 aliphatic rings. The van der Waals surface area contributed by atoms with Gasteiger partial charge < -0.3 is 10.1 Å². The minimum Gasteiger partial charge on any atom is -0.476 e. The Morgan fingerprint density at radius 3 is 2.62 bits per heavy atom. The van der Waals surface area contributed by atoms with Gasteiger partial charge in [0.25, 0.3) is 5.91 Å². The molecule has 1 N–H and O–H groups in total. The van der Waals surface area contributed by atoms with Crippen molar-refractivity contribution in [1.29, 1.82) is 0 Å². The Bertz CT molecular complexity index is 1040. The van der Waals surface area contributed by atoms with Crippen molar-refractivity contribution in [3.8, 4) is 5.75 Å². The number of anilines is 1. The number of aryl methyl sites for hydroxylation is 2. The number of nitrogens with zero attached hydrogens (tertiary/aromatic N) is 1. The van der Waals surface area contributed by atoms with Crippen molar-refractivity contribution < 1.29 is 17.9 Å². The molecule has 6 nitrogen and oxygen atoms in total. The van der Waals surface area contributed by atoms with Crippen LogP contribution in [0.4, 0.5) is 5.69 Å². The van der Waals surface area contributed by atoms with E-state index in [-0.39, 0.29) is 18.5 Å². The summed E-state index contributed by atoms with van der Waals surface area (Å²) in [5, 5.41) is 3.41. The van der Waals surface area contributed by atoms with Gasteiger partial charge >= 0.3 is 0 Å². The third kappa shape index (κ3) is 4.67. The van der Waals surface area contributed by atoms with Crippen molar-refractivity contribution in [2.45, 2.75) is 39.3 Å². The number of benzene rings is 2. The molecule has 2 atom stereocenters. The van der Waals surface area contributed by atoms with E-state index in [0.29, 0.717) is 22.9 Å². The Labute approximate surface area is 176 Å². The van der Waals surface area contributed by atoms with Gasteiger partial charge in [0.05, 0.1) is 24.5 Å². The summed E-state index contributed by atoms with van der Waals surface area (Å²) in [6.07, 6.45) is 0.838. The maximum absolute atomic E-state index is 13.0. The molecule has 2 aromatic rings. The standard InChI is InChI=1S/C21H25ClN2O4S/c1-5-17(16-8-6-13(2)10-14(16)3)23-21(25)20-12-24(29(4,26)27)18-11-15(22)7-9-19(18)28-20/h6-11,17,20H,5,12H2,1-4H3,(H,23,25)/t17-,20+/m0/s1. The molecular weight excluding hydrogens is 412 g/mol. The highest BCUT2D eigenvalue weighted by Gasteiger charge is 2.36. The van der Waals surface area contributed by atoms with E-state index in [1.165, 1.54) is 10.4 Å². The summed E-state index contributed by atoms with van der Waals surface area (Å²) in [5.74, 6) is -0.0446. The second-order valence-electron chi connectivity index (χ2n) is 7.34. The molecule has 0 aliphatic carbocycles. The Kier molecular flexibility index (Phi) is 6.10. The summed E-state index contributed by atoms with van der Waals surface area (Å²) in [5.41, 5.74) is 3.63. The number of carbonyl (C=O) groups excluding carboxylic acids is 1. The fraction of sp³-hybridized carbons (Fsp3) is 0.381. The lowest BCUT2D eigenvalue weighted by molar-refractivity contribution is -0.128. The summed E-state index contributed by atoms with van der Waals surface area (Å²) in [6, 6.07) is 10.6. The second-order valence-corrected chi connectivity index (χ2v) is 9.69. The van der Waals surface area contributed by atoms with Gasteiger partial charge in [-0.05, 0) is 49.6 Å². The van der Waals surface area contributed by atoms with Crippen LogP contribution in [-0.4, -0.2) is 33.2 Å². The van der Waals surface area contributed by atoms with Crippen molar-refractivity contribution in [2.24, 2.45) is 0 Å². The zero-order chi connectivity index (χ0) is 21.3. The number of rotatable bonds is 5. The normalized spacial score (nSPS) is 17.3. The van der Waals surface area contributed by atoms with Gasteiger partial charge in [-0.1, -0.05) is 42.3 Å². The zero-order valence-corrected chi connectivity index (χ0v) is 18.5. The molecule has 156 valence electrons. The number of ether oxygens (including phenoxy) is 1. The number of nitrogens with one attached hydrogen (secondary N) is 1.